The monoisotopic (exact) mass is 238 g/mol. The van der Waals surface area contributed by atoms with E-state index < -0.39 is 0 Å². The molecule has 0 saturated heterocycles. The van der Waals surface area contributed by atoms with Crippen molar-refractivity contribution in [3.8, 4) is 0 Å². The second-order valence-corrected chi connectivity index (χ2v) is 7.13. The summed E-state index contributed by atoms with van der Waals surface area (Å²) in [5, 5.41) is 0. The van der Waals surface area contributed by atoms with E-state index in [1.165, 1.54) is 19.3 Å². The third-order valence-corrected chi connectivity index (χ3v) is 3.93. The van der Waals surface area contributed by atoms with E-state index in [4.69, 9.17) is 12.2 Å². The summed E-state index contributed by atoms with van der Waals surface area (Å²) >= 11 is 5.32. The first kappa shape index (κ1) is 11.9. The molecule has 1 aliphatic carbocycles. The SMILES string of the molecule is CC1(C)CC(n2cc[nH]c2=S)CC(C)(C)C1. The number of hydrogen-bond donors (Lipinski definition) is 1. The Bertz CT molecular complexity index is 409. The van der Waals surface area contributed by atoms with E-state index in [2.05, 4.69) is 43.4 Å². The molecule has 1 aromatic heterocycles. The number of imidazole rings is 1. The van der Waals surface area contributed by atoms with Crippen LogP contribution in [0, 0.1) is 15.6 Å². The van der Waals surface area contributed by atoms with Crippen molar-refractivity contribution in [2.75, 3.05) is 0 Å². The minimum atomic E-state index is 0.415. The molecule has 1 saturated carbocycles. The first-order valence-electron chi connectivity index (χ1n) is 6.05. The zero-order valence-electron chi connectivity index (χ0n) is 10.7. The van der Waals surface area contributed by atoms with Crippen molar-refractivity contribution in [1.82, 2.24) is 9.55 Å². The van der Waals surface area contributed by atoms with Crippen molar-refractivity contribution >= 4 is 12.2 Å². The highest BCUT2D eigenvalue weighted by Crippen LogP contribution is 2.49. The molecule has 0 aliphatic heterocycles. The highest BCUT2D eigenvalue weighted by Gasteiger charge is 2.39. The van der Waals surface area contributed by atoms with Gasteiger partial charge in [0.05, 0.1) is 0 Å². The van der Waals surface area contributed by atoms with Gasteiger partial charge in [-0.1, -0.05) is 27.7 Å². The van der Waals surface area contributed by atoms with Gasteiger partial charge in [-0.3, -0.25) is 0 Å². The fraction of sp³-hybridized carbons (Fsp3) is 0.769. The van der Waals surface area contributed by atoms with Gasteiger partial charge in [0.2, 0.25) is 0 Å². The number of hydrogen-bond acceptors (Lipinski definition) is 1. The number of aromatic nitrogens is 2. The number of aromatic amines is 1. The van der Waals surface area contributed by atoms with Crippen LogP contribution in [0.25, 0.3) is 0 Å². The van der Waals surface area contributed by atoms with E-state index >= 15 is 0 Å². The second kappa shape index (κ2) is 3.73. The summed E-state index contributed by atoms with van der Waals surface area (Å²) in [6.07, 6.45) is 7.78. The lowest BCUT2D eigenvalue weighted by Crippen LogP contribution is -2.34. The van der Waals surface area contributed by atoms with Crippen molar-refractivity contribution in [1.29, 1.82) is 0 Å². The smallest absolute Gasteiger partial charge is 0.177 e. The molecular formula is C13H22N2S. The molecule has 2 nitrogen and oxygen atoms in total. The summed E-state index contributed by atoms with van der Waals surface area (Å²) in [6.45, 7) is 9.49. The van der Waals surface area contributed by atoms with Gasteiger partial charge in [0.25, 0.3) is 0 Å². The van der Waals surface area contributed by atoms with Crippen LogP contribution >= 0.6 is 12.2 Å². The molecule has 0 atom stereocenters. The van der Waals surface area contributed by atoms with Crippen LogP contribution in [-0.2, 0) is 0 Å². The molecule has 1 heterocycles. The highest BCUT2D eigenvalue weighted by atomic mass is 32.1. The molecule has 0 amide bonds. The van der Waals surface area contributed by atoms with E-state index in [-0.39, 0.29) is 0 Å². The van der Waals surface area contributed by atoms with Gasteiger partial charge in [0, 0.05) is 18.4 Å². The minimum Gasteiger partial charge on any atom is -0.337 e. The Labute approximate surface area is 103 Å². The van der Waals surface area contributed by atoms with Gasteiger partial charge in [0.1, 0.15) is 0 Å². The van der Waals surface area contributed by atoms with Crippen LogP contribution in [0.4, 0.5) is 0 Å². The molecule has 1 aromatic rings. The number of nitrogens with zero attached hydrogens (tertiary/aromatic N) is 1. The van der Waals surface area contributed by atoms with Gasteiger partial charge in [-0.2, -0.15) is 0 Å². The van der Waals surface area contributed by atoms with E-state index in [0.29, 0.717) is 16.9 Å². The molecule has 1 N–H and O–H groups in total. The minimum absolute atomic E-state index is 0.415. The molecule has 90 valence electrons. The van der Waals surface area contributed by atoms with Gasteiger partial charge in [-0.15, -0.1) is 0 Å². The molecule has 1 aliphatic rings. The van der Waals surface area contributed by atoms with Crippen LogP contribution in [-0.4, -0.2) is 9.55 Å². The Morgan fingerprint density at radius 3 is 2.25 bits per heavy atom. The van der Waals surface area contributed by atoms with Crippen molar-refractivity contribution in [3.63, 3.8) is 0 Å². The zero-order chi connectivity index (χ0) is 12.0. The average molecular weight is 238 g/mol. The Hall–Kier alpha value is -0.570. The maximum absolute atomic E-state index is 5.32. The molecule has 0 spiro atoms. The molecule has 16 heavy (non-hydrogen) atoms. The largest absolute Gasteiger partial charge is 0.337 e. The average Bonchev–Trinajstić information content (AvgIpc) is 2.45. The van der Waals surface area contributed by atoms with Crippen LogP contribution in [0.2, 0.25) is 0 Å². The molecule has 0 aromatic carbocycles. The van der Waals surface area contributed by atoms with Crippen LogP contribution in [0.1, 0.15) is 53.0 Å². The van der Waals surface area contributed by atoms with Crippen LogP contribution in [0.15, 0.2) is 12.4 Å². The van der Waals surface area contributed by atoms with Crippen LogP contribution < -0.4 is 0 Å². The predicted octanol–water partition coefficient (Wildman–Crippen LogP) is 4.32. The fourth-order valence-corrected chi connectivity index (χ4v) is 3.88. The number of nitrogens with one attached hydrogen (secondary N) is 1. The summed E-state index contributed by atoms with van der Waals surface area (Å²) in [6, 6.07) is 0.553. The lowest BCUT2D eigenvalue weighted by atomic mass is 9.63. The summed E-state index contributed by atoms with van der Waals surface area (Å²) in [5.74, 6) is 0. The third-order valence-electron chi connectivity index (χ3n) is 3.60. The Morgan fingerprint density at radius 1 is 1.25 bits per heavy atom. The Kier molecular flexibility index (Phi) is 2.77. The maximum Gasteiger partial charge on any atom is 0.177 e. The zero-order valence-corrected chi connectivity index (χ0v) is 11.5. The lowest BCUT2D eigenvalue weighted by molar-refractivity contribution is 0.0717. The first-order chi connectivity index (χ1) is 7.29. The highest BCUT2D eigenvalue weighted by molar-refractivity contribution is 7.71. The quantitative estimate of drug-likeness (QED) is 0.722. The van der Waals surface area contributed by atoms with Crippen molar-refractivity contribution < 1.29 is 0 Å². The van der Waals surface area contributed by atoms with Gasteiger partial charge in [-0.05, 0) is 42.3 Å². The van der Waals surface area contributed by atoms with Gasteiger partial charge in [0.15, 0.2) is 4.77 Å². The summed E-state index contributed by atoms with van der Waals surface area (Å²) in [5.41, 5.74) is 0.830. The number of rotatable bonds is 1. The van der Waals surface area contributed by atoms with Gasteiger partial charge in [-0.25, -0.2) is 0 Å². The topological polar surface area (TPSA) is 20.7 Å². The van der Waals surface area contributed by atoms with Crippen molar-refractivity contribution in [3.05, 3.63) is 17.2 Å². The van der Waals surface area contributed by atoms with E-state index in [1.54, 1.807) is 0 Å². The molecule has 0 bridgehead atoms. The van der Waals surface area contributed by atoms with Crippen LogP contribution in [0.3, 0.4) is 0 Å². The van der Waals surface area contributed by atoms with Gasteiger partial charge < -0.3 is 9.55 Å². The molecule has 1 fully saturated rings. The van der Waals surface area contributed by atoms with Gasteiger partial charge >= 0.3 is 0 Å². The third kappa shape index (κ3) is 2.40. The molecule has 2 rings (SSSR count). The summed E-state index contributed by atoms with van der Waals surface area (Å²) in [7, 11) is 0. The summed E-state index contributed by atoms with van der Waals surface area (Å²) in [4.78, 5) is 3.10. The van der Waals surface area contributed by atoms with E-state index in [0.717, 1.165) is 4.77 Å². The van der Waals surface area contributed by atoms with E-state index in [1.807, 2.05) is 6.20 Å². The molecule has 3 heteroatoms. The molecular weight excluding hydrogens is 216 g/mol. The maximum atomic E-state index is 5.32. The first-order valence-corrected chi connectivity index (χ1v) is 6.46. The standard InChI is InChI=1S/C13H22N2S/c1-12(2)7-10(8-13(3,4)9-12)15-6-5-14-11(15)16/h5-6,10H,7-9H2,1-4H3,(H,14,16). The van der Waals surface area contributed by atoms with Crippen molar-refractivity contribution in [2.24, 2.45) is 10.8 Å². The van der Waals surface area contributed by atoms with E-state index in [9.17, 15) is 0 Å². The summed E-state index contributed by atoms with van der Waals surface area (Å²) < 4.78 is 3.09. The Balaban J connectivity index is 2.30. The Morgan fingerprint density at radius 2 is 1.81 bits per heavy atom. The van der Waals surface area contributed by atoms with Crippen LogP contribution in [0.5, 0.6) is 0 Å². The normalized spacial score (nSPS) is 24.5. The number of H-pyrrole nitrogens is 1. The fourth-order valence-electron chi connectivity index (χ4n) is 3.60. The molecule has 0 radical (unpaired) electrons. The second-order valence-electron chi connectivity index (χ2n) is 6.74. The van der Waals surface area contributed by atoms with Crippen molar-refractivity contribution in [2.45, 2.75) is 53.0 Å². The lowest BCUT2D eigenvalue weighted by Gasteiger charge is -2.45. The predicted molar refractivity (Wildman–Crippen MR) is 70.1 cm³/mol. The molecule has 0 unspecified atom stereocenters.